The Morgan fingerprint density at radius 2 is 1.50 bits per heavy atom. The number of carbonyl (C=O) groups is 1. The van der Waals surface area contributed by atoms with Crippen molar-refractivity contribution in [1.29, 1.82) is 0 Å². The molecule has 4 saturated carbocycles. The largest absolute Gasteiger partial charge is 0.347 e. The normalized spacial score (nSPS) is 33.8. The van der Waals surface area contributed by atoms with Crippen LogP contribution in [-0.4, -0.2) is 11.4 Å². The van der Waals surface area contributed by atoms with Crippen LogP contribution in [0.5, 0.6) is 0 Å². The number of rotatable bonds is 2. The molecule has 0 aliphatic heterocycles. The van der Waals surface area contributed by atoms with Crippen LogP contribution in [0.3, 0.4) is 0 Å². The van der Waals surface area contributed by atoms with Gasteiger partial charge in [0.05, 0.1) is 0 Å². The van der Waals surface area contributed by atoms with E-state index < -0.39 is 0 Å². The lowest BCUT2D eigenvalue weighted by Crippen LogP contribution is -2.59. The lowest BCUT2D eigenvalue weighted by atomic mass is 9.53. The third kappa shape index (κ3) is 2.32. The third-order valence-corrected chi connectivity index (χ3v) is 7.22. The van der Waals surface area contributed by atoms with Crippen molar-refractivity contribution in [3.8, 4) is 0 Å². The molecule has 0 atom stereocenters. The van der Waals surface area contributed by atoms with Crippen molar-refractivity contribution in [3.63, 3.8) is 0 Å². The van der Waals surface area contributed by atoms with Gasteiger partial charge in [-0.15, -0.1) is 0 Å². The first kappa shape index (κ1) is 14.9. The molecule has 0 unspecified atom stereocenters. The molecule has 2 aromatic rings. The summed E-state index contributed by atoms with van der Waals surface area (Å²) in [6, 6.07) is 12.1. The minimum Gasteiger partial charge on any atom is -0.347 e. The highest BCUT2D eigenvalue weighted by Crippen LogP contribution is 2.55. The molecule has 0 radical (unpaired) electrons. The minimum absolute atomic E-state index is 0.0695. The number of carbonyl (C=O) groups excluding carboxylic acids is 1. The summed E-state index contributed by atoms with van der Waals surface area (Å²) in [5.74, 6) is 2.65. The molecule has 24 heavy (non-hydrogen) atoms. The van der Waals surface area contributed by atoms with Crippen molar-refractivity contribution < 1.29 is 4.79 Å². The van der Waals surface area contributed by atoms with Gasteiger partial charge in [-0.2, -0.15) is 0 Å². The van der Waals surface area contributed by atoms with Gasteiger partial charge in [0.1, 0.15) is 0 Å². The molecule has 4 bridgehead atoms. The quantitative estimate of drug-likeness (QED) is 0.748. The average Bonchev–Trinajstić information content (AvgIpc) is 2.53. The molecule has 3 heteroatoms. The van der Waals surface area contributed by atoms with Gasteiger partial charge in [0.15, 0.2) is 0 Å². The Kier molecular flexibility index (Phi) is 3.31. The van der Waals surface area contributed by atoms with Crippen LogP contribution in [0.4, 0.5) is 0 Å². The van der Waals surface area contributed by atoms with Gasteiger partial charge in [-0.1, -0.05) is 40.2 Å². The minimum atomic E-state index is 0.0695. The Bertz CT molecular complexity index is 792. The molecule has 4 aliphatic rings. The highest BCUT2D eigenvalue weighted by molar-refractivity contribution is 9.10. The summed E-state index contributed by atoms with van der Waals surface area (Å²) >= 11 is 3.60. The van der Waals surface area contributed by atoms with Crippen molar-refractivity contribution in [2.24, 2.45) is 17.8 Å². The summed E-state index contributed by atoms with van der Waals surface area (Å²) in [5.41, 5.74) is 0.879. The van der Waals surface area contributed by atoms with Crippen LogP contribution in [0.25, 0.3) is 10.8 Å². The van der Waals surface area contributed by atoms with Crippen molar-refractivity contribution in [2.75, 3.05) is 0 Å². The van der Waals surface area contributed by atoms with E-state index in [2.05, 4.69) is 33.4 Å². The van der Waals surface area contributed by atoms with E-state index in [1.165, 1.54) is 38.5 Å². The van der Waals surface area contributed by atoms with Gasteiger partial charge >= 0.3 is 0 Å². The van der Waals surface area contributed by atoms with E-state index in [1.807, 2.05) is 24.3 Å². The zero-order chi connectivity index (χ0) is 16.3. The van der Waals surface area contributed by atoms with Crippen molar-refractivity contribution >= 4 is 32.6 Å². The predicted octanol–water partition coefficient (Wildman–Crippen LogP) is 5.30. The fraction of sp³-hybridized carbons (Fsp3) is 0.476. The maximum Gasteiger partial charge on any atom is 0.252 e. The van der Waals surface area contributed by atoms with Crippen LogP contribution in [0.1, 0.15) is 48.9 Å². The van der Waals surface area contributed by atoms with Gasteiger partial charge in [0.25, 0.3) is 5.91 Å². The smallest absolute Gasteiger partial charge is 0.252 e. The van der Waals surface area contributed by atoms with Gasteiger partial charge in [0.2, 0.25) is 0 Å². The van der Waals surface area contributed by atoms with E-state index in [0.717, 1.165) is 38.6 Å². The number of nitrogens with one attached hydrogen (secondary N) is 1. The fourth-order valence-corrected chi connectivity index (χ4v) is 6.54. The topological polar surface area (TPSA) is 29.1 Å². The molecule has 0 heterocycles. The second kappa shape index (κ2) is 5.32. The predicted molar refractivity (Wildman–Crippen MR) is 100 cm³/mol. The van der Waals surface area contributed by atoms with Crippen molar-refractivity contribution in [2.45, 2.75) is 44.1 Å². The highest BCUT2D eigenvalue weighted by Gasteiger charge is 2.51. The van der Waals surface area contributed by atoms with Crippen LogP contribution in [0, 0.1) is 17.8 Å². The Labute approximate surface area is 151 Å². The molecule has 4 fully saturated rings. The zero-order valence-electron chi connectivity index (χ0n) is 13.7. The average molecular weight is 384 g/mol. The van der Waals surface area contributed by atoms with Gasteiger partial charge in [-0.3, -0.25) is 4.79 Å². The molecule has 4 aliphatic carbocycles. The molecule has 6 rings (SSSR count). The molecule has 2 nitrogen and oxygen atoms in total. The number of amides is 1. The Morgan fingerprint density at radius 1 is 0.917 bits per heavy atom. The summed E-state index contributed by atoms with van der Waals surface area (Å²) in [5, 5.41) is 5.64. The van der Waals surface area contributed by atoms with E-state index in [-0.39, 0.29) is 11.4 Å². The standard InChI is InChI=1S/C21H22BrNO/c22-19-6-2-3-16-17(19)4-1-5-18(16)20(24)23-21-10-13-7-14(11-21)9-15(8-13)12-21/h1-6,13-15H,7-12H2,(H,23,24). The number of benzene rings is 2. The molecule has 0 spiro atoms. The second-order valence-corrected chi connectivity index (χ2v) is 9.15. The first-order valence-corrected chi connectivity index (χ1v) is 9.91. The number of hydrogen-bond donors (Lipinski definition) is 1. The van der Waals surface area contributed by atoms with Crippen molar-refractivity contribution in [1.82, 2.24) is 5.32 Å². The van der Waals surface area contributed by atoms with E-state index in [1.54, 1.807) is 0 Å². The summed E-state index contributed by atoms with van der Waals surface area (Å²) in [6.07, 6.45) is 7.78. The Morgan fingerprint density at radius 3 is 2.17 bits per heavy atom. The lowest BCUT2D eigenvalue weighted by Gasteiger charge is -2.56. The number of hydrogen-bond acceptors (Lipinski definition) is 1. The van der Waals surface area contributed by atoms with Gasteiger partial charge in [-0.05, 0) is 79.2 Å². The molecule has 0 saturated heterocycles. The zero-order valence-corrected chi connectivity index (χ0v) is 15.3. The number of fused-ring (bicyclic) bond motifs is 1. The second-order valence-electron chi connectivity index (χ2n) is 8.29. The van der Waals surface area contributed by atoms with E-state index in [9.17, 15) is 4.79 Å². The summed E-state index contributed by atoms with van der Waals surface area (Å²) < 4.78 is 1.05. The molecular formula is C21H22BrNO. The SMILES string of the molecule is O=C(NC12CC3CC(CC(C3)C1)C2)c1cccc2c(Br)cccc12. The molecule has 1 N–H and O–H groups in total. The maximum absolute atomic E-state index is 13.1. The first-order chi connectivity index (χ1) is 11.6. The molecule has 2 aromatic carbocycles. The first-order valence-electron chi connectivity index (χ1n) is 9.12. The monoisotopic (exact) mass is 383 g/mol. The number of halogens is 1. The van der Waals surface area contributed by atoms with E-state index >= 15 is 0 Å². The Balaban J connectivity index is 1.49. The molecule has 1 amide bonds. The lowest BCUT2D eigenvalue weighted by molar-refractivity contribution is -0.0166. The van der Waals surface area contributed by atoms with Gasteiger partial charge in [-0.25, -0.2) is 0 Å². The van der Waals surface area contributed by atoms with Crippen LogP contribution < -0.4 is 5.32 Å². The Hall–Kier alpha value is -1.35. The summed E-state index contributed by atoms with van der Waals surface area (Å²) in [7, 11) is 0. The van der Waals surface area contributed by atoms with Crippen LogP contribution in [-0.2, 0) is 0 Å². The molecule has 0 aromatic heterocycles. The third-order valence-electron chi connectivity index (χ3n) is 6.53. The molecule has 124 valence electrons. The van der Waals surface area contributed by atoms with Gasteiger partial charge in [0, 0.05) is 15.6 Å². The highest BCUT2D eigenvalue weighted by atomic mass is 79.9. The van der Waals surface area contributed by atoms with E-state index in [4.69, 9.17) is 0 Å². The maximum atomic E-state index is 13.1. The summed E-state index contributed by atoms with van der Waals surface area (Å²) in [6.45, 7) is 0. The van der Waals surface area contributed by atoms with E-state index in [0.29, 0.717) is 0 Å². The van der Waals surface area contributed by atoms with Gasteiger partial charge < -0.3 is 5.32 Å². The molecular weight excluding hydrogens is 362 g/mol. The van der Waals surface area contributed by atoms with Crippen LogP contribution >= 0.6 is 15.9 Å². The van der Waals surface area contributed by atoms with Crippen molar-refractivity contribution in [3.05, 3.63) is 46.4 Å². The van der Waals surface area contributed by atoms with Crippen LogP contribution in [0.2, 0.25) is 0 Å². The summed E-state index contributed by atoms with van der Waals surface area (Å²) in [4.78, 5) is 13.1. The van der Waals surface area contributed by atoms with Crippen LogP contribution in [0.15, 0.2) is 40.9 Å². The fourth-order valence-electron chi connectivity index (χ4n) is 6.04.